The number of aromatic nitrogens is 2. The fourth-order valence-electron chi connectivity index (χ4n) is 1.12. The molecule has 16 heavy (non-hydrogen) atoms. The molecule has 0 aliphatic carbocycles. The smallest absolute Gasteiger partial charge is 0.228 e. The molecule has 0 aromatic carbocycles. The van der Waals surface area contributed by atoms with Crippen LogP contribution in [0.5, 0.6) is 0 Å². The zero-order chi connectivity index (χ0) is 12.1. The Kier molecular flexibility index (Phi) is 4.03. The predicted molar refractivity (Wildman–Crippen MR) is 57.5 cm³/mol. The highest BCUT2D eigenvalue weighted by molar-refractivity contribution is 5.92. The largest absolute Gasteiger partial charge is 0.394 e. The van der Waals surface area contributed by atoms with Crippen molar-refractivity contribution < 1.29 is 9.90 Å². The number of nitrogens with zero attached hydrogens (tertiary/aromatic N) is 3. The Morgan fingerprint density at radius 1 is 1.75 bits per heavy atom. The van der Waals surface area contributed by atoms with Gasteiger partial charge in [-0.2, -0.15) is 10.4 Å². The molecule has 0 radical (unpaired) electrons. The molecule has 0 saturated heterocycles. The summed E-state index contributed by atoms with van der Waals surface area (Å²) >= 11 is 0. The van der Waals surface area contributed by atoms with E-state index in [4.69, 9.17) is 10.4 Å². The highest BCUT2D eigenvalue weighted by Crippen LogP contribution is 2.14. The molecule has 2 N–H and O–H groups in total. The van der Waals surface area contributed by atoms with Crippen molar-refractivity contribution in [2.75, 3.05) is 11.9 Å². The molecule has 0 aliphatic heterocycles. The molecule has 0 saturated carbocycles. The minimum atomic E-state index is -0.184. The summed E-state index contributed by atoms with van der Waals surface area (Å²) in [5.41, 5.74) is 0.294. The van der Waals surface area contributed by atoms with Gasteiger partial charge in [-0.15, -0.1) is 0 Å². The molecule has 0 spiro atoms. The number of rotatable bonds is 4. The summed E-state index contributed by atoms with van der Waals surface area (Å²) in [6.45, 7) is 3.66. The second kappa shape index (κ2) is 5.28. The van der Waals surface area contributed by atoms with Crippen LogP contribution in [0.15, 0.2) is 6.20 Å². The standard InChI is InChI=1S/C10H14N4O2/c1-7(2)10(16)13-9-8(5-11)6-12-14(9)3-4-15/h6-7,15H,3-4H2,1-2H3,(H,13,16). The van der Waals surface area contributed by atoms with Gasteiger partial charge < -0.3 is 10.4 Å². The van der Waals surface area contributed by atoms with Gasteiger partial charge in [0.05, 0.1) is 19.3 Å². The minimum absolute atomic E-state index is 0.100. The zero-order valence-electron chi connectivity index (χ0n) is 9.27. The number of hydrogen-bond acceptors (Lipinski definition) is 4. The van der Waals surface area contributed by atoms with E-state index in [2.05, 4.69) is 10.4 Å². The fraction of sp³-hybridized carbons (Fsp3) is 0.500. The third kappa shape index (κ3) is 2.58. The summed E-state index contributed by atoms with van der Waals surface area (Å²) < 4.78 is 1.40. The summed E-state index contributed by atoms with van der Waals surface area (Å²) in [5, 5.41) is 24.2. The van der Waals surface area contributed by atoms with Gasteiger partial charge in [0.25, 0.3) is 0 Å². The third-order valence-corrected chi connectivity index (χ3v) is 2.04. The average molecular weight is 222 g/mol. The van der Waals surface area contributed by atoms with Gasteiger partial charge in [-0.1, -0.05) is 13.8 Å². The van der Waals surface area contributed by atoms with Crippen LogP contribution in [0.4, 0.5) is 5.82 Å². The number of aliphatic hydroxyl groups excluding tert-OH is 1. The Morgan fingerprint density at radius 2 is 2.44 bits per heavy atom. The number of hydrogen-bond donors (Lipinski definition) is 2. The summed E-state index contributed by atoms with van der Waals surface area (Å²) in [5.74, 6) is -0.0181. The second-order valence-corrected chi connectivity index (χ2v) is 3.61. The lowest BCUT2D eigenvalue weighted by molar-refractivity contribution is -0.118. The molecule has 1 rings (SSSR count). The molecule has 1 heterocycles. The Labute approximate surface area is 93.5 Å². The molecule has 0 atom stereocenters. The van der Waals surface area contributed by atoms with E-state index in [0.717, 1.165) is 0 Å². The van der Waals surface area contributed by atoms with Crippen molar-refractivity contribution in [3.8, 4) is 6.07 Å². The molecule has 1 aromatic heterocycles. The second-order valence-electron chi connectivity index (χ2n) is 3.61. The first-order valence-electron chi connectivity index (χ1n) is 4.97. The first kappa shape index (κ1) is 12.2. The molecular formula is C10H14N4O2. The molecule has 0 aliphatic rings. The summed E-state index contributed by atoms with van der Waals surface area (Å²) in [7, 11) is 0. The van der Waals surface area contributed by atoms with Crippen LogP contribution in [-0.2, 0) is 11.3 Å². The van der Waals surface area contributed by atoms with E-state index in [9.17, 15) is 4.79 Å². The first-order valence-corrected chi connectivity index (χ1v) is 4.97. The van der Waals surface area contributed by atoms with Crippen LogP contribution in [0.3, 0.4) is 0 Å². The van der Waals surface area contributed by atoms with Crippen LogP contribution in [0.2, 0.25) is 0 Å². The molecule has 0 unspecified atom stereocenters. The highest BCUT2D eigenvalue weighted by atomic mass is 16.3. The van der Waals surface area contributed by atoms with E-state index in [0.29, 0.717) is 11.4 Å². The molecule has 86 valence electrons. The zero-order valence-corrected chi connectivity index (χ0v) is 9.27. The van der Waals surface area contributed by atoms with Crippen LogP contribution >= 0.6 is 0 Å². The first-order chi connectivity index (χ1) is 7.60. The van der Waals surface area contributed by atoms with Crippen molar-refractivity contribution in [2.24, 2.45) is 5.92 Å². The van der Waals surface area contributed by atoms with Gasteiger partial charge in [-0.3, -0.25) is 4.79 Å². The molecule has 1 aromatic rings. The third-order valence-electron chi connectivity index (χ3n) is 2.04. The van der Waals surface area contributed by atoms with Crippen molar-refractivity contribution >= 4 is 11.7 Å². The normalized spacial score (nSPS) is 10.2. The lowest BCUT2D eigenvalue weighted by Gasteiger charge is -2.09. The number of aliphatic hydroxyl groups is 1. The van der Waals surface area contributed by atoms with Crippen molar-refractivity contribution in [3.63, 3.8) is 0 Å². The lowest BCUT2D eigenvalue weighted by atomic mass is 10.2. The topological polar surface area (TPSA) is 90.9 Å². The molecule has 6 nitrogen and oxygen atoms in total. The van der Waals surface area contributed by atoms with Gasteiger partial charge in [-0.25, -0.2) is 4.68 Å². The number of amides is 1. The maximum Gasteiger partial charge on any atom is 0.228 e. The van der Waals surface area contributed by atoms with Crippen molar-refractivity contribution in [1.82, 2.24) is 9.78 Å². The Hall–Kier alpha value is -1.87. The lowest BCUT2D eigenvalue weighted by Crippen LogP contribution is -2.21. The fourth-order valence-corrected chi connectivity index (χ4v) is 1.12. The van der Waals surface area contributed by atoms with E-state index in [1.54, 1.807) is 13.8 Å². The van der Waals surface area contributed by atoms with E-state index < -0.39 is 0 Å². The van der Waals surface area contributed by atoms with Crippen LogP contribution in [0.25, 0.3) is 0 Å². The molecule has 0 bridgehead atoms. The van der Waals surface area contributed by atoms with Crippen molar-refractivity contribution in [1.29, 1.82) is 5.26 Å². The van der Waals surface area contributed by atoms with Gasteiger partial charge in [0.1, 0.15) is 17.5 Å². The Balaban J connectivity index is 2.96. The van der Waals surface area contributed by atoms with Gasteiger partial charge in [0.15, 0.2) is 0 Å². The SMILES string of the molecule is CC(C)C(=O)Nc1c(C#N)cnn1CCO. The molecule has 0 fully saturated rings. The van der Waals surface area contributed by atoms with E-state index >= 15 is 0 Å². The van der Waals surface area contributed by atoms with Gasteiger partial charge in [0, 0.05) is 5.92 Å². The Bertz CT molecular complexity index is 417. The summed E-state index contributed by atoms with van der Waals surface area (Å²) in [6, 6.07) is 1.94. The number of anilines is 1. The maximum absolute atomic E-state index is 11.5. The summed E-state index contributed by atoms with van der Waals surface area (Å²) in [6.07, 6.45) is 1.37. The molecule has 1 amide bonds. The molecule has 6 heteroatoms. The maximum atomic E-state index is 11.5. The quantitative estimate of drug-likeness (QED) is 0.768. The molecular weight excluding hydrogens is 208 g/mol. The Morgan fingerprint density at radius 3 is 2.94 bits per heavy atom. The van der Waals surface area contributed by atoms with Crippen LogP contribution in [0.1, 0.15) is 19.4 Å². The minimum Gasteiger partial charge on any atom is -0.394 e. The highest BCUT2D eigenvalue weighted by Gasteiger charge is 2.15. The number of carbonyl (C=O) groups excluding carboxylic acids is 1. The van der Waals surface area contributed by atoms with Crippen LogP contribution in [-0.4, -0.2) is 27.4 Å². The predicted octanol–water partition coefficient (Wildman–Crippen LogP) is 0.342. The van der Waals surface area contributed by atoms with Crippen LogP contribution in [0, 0.1) is 17.2 Å². The van der Waals surface area contributed by atoms with Gasteiger partial charge >= 0.3 is 0 Å². The number of nitriles is 1. The van der Waals surface area contributed by atoms with Crippen molar-refractivity contribution in [3.05, 3.63) is 11.8 Å². The van der Waals surface area contributed by atoms with Crippen LogP contribution < -0.4 is 5.32 Å². The van der Waals surface area contributed by atoms with E-state index in [1.807, 2.05) is 6.07 Å². The number of carbonyl (C=O) groups is 1. The average Bonchev–Trinajstić information content (AvgIpc) is 2.61. The summed E-state index contributed by atoms with van der Waals surface area (Å²) in [4.78, 5) is 11.5. The van der Waals surface area contributed by atoms with E-state index in [-0.39, 0.29) is 25.0 Å². The van der Waals surface area contributed by atoms with E-state index in [1.165, 1.54) is 10.9 Å². The number of nitrogens with one attached hydrogen (secondary N) is 1. The van der Waals surface area contributed by atoms with Gasteiger partial charge in [-0.05, 0) is 0 Å². The van der Waals surface area contributed by atoms with Gasteiger partial charge in [0.2, 0.25) is 5.91 Å². The van der Waals surface area contributed by atoms with Crippen molar-refractivity contribution in [2.45, 2.75) is 20.4 Å². The monoisotopic (exact) mass is 222 g/mol.